The third kappa shape index (κ3) is 3.27. The van der Waals surface area contributed by atoms with Gasteiger partial charge in [-0.15, -0.1) is 0 Å². The van der Waals surface area contributed by atoms with Crippen molar-refractivity contribution in [2.24, 2.45) is 0 Å². The quantitative estimate of drug-likeness (QED) is 0.841. The minimum Gasteiger partial charge on any atom is -0.507 e. The monoisotopic (exact) mass is 298 g/mol. The predicted molar refractivity (Wildman–Crippen MR) is 91.9 cm³/mol. The molecule has 2 N–H and O–H groups in total. The molecule has 118 valence electrons. The summed E-state index contributed by atoms with van der Waals surface area (Å²) in [5, 5.41) is 20.8. The Morgan fingerprint density at radius 1 is 0.682 bits per heavy atom. The summed E-state index contributed by atoms with van der Waals surface area (Å²) in [6.07, 6.45) is 3.26. The maximum absolute atomic E-state index is 10.5. The summed E-state index contributed by atoms with van der Waals surface area (Å²) in [7, 11) is 0. The number of hydrogen-bond donors (Lipinski definition) is 2. The average molecular weight is 298 g/mol. The van der Waals surface area contributed by atoms with Crippen molar-refractivity contribution in [3.63, 3.8) is 0 Å². The van der Waals surface area contributed by atoms with Crippen LogP contribution in [0.15, 0.2) is 24.3 Å². The van der Waals surface area contributed by atoms with Gasteiger partial charge in [0.15, 0.2) is 0 Å². The highest BCUT2D eigenvalue weighted by atomic mass is 16.3. The van der Waals surface area contributed by atoms with Gasteiger partial charge in [-0.2, -0.15) is 0 Å². The molecular formula is C20H26O2. The Morgan fingerprint density at radius 3 is 1.73 bits per heavy atom. The first-order chi connectivity index (χ1) is 10.5. The topological polar surface area (TPSA) is 40.5 Å². The molecule has 0 aliphatic carbocycles. The molecule has 2 nitrogen and oxygen atoms in total. The lowest BCUT2D eigenvalue weighted by Gasteiger charge is -2.14. The molecule has 22 heavy (non-hydrogen) atoms. The average Bonchev–Trinajstić information content (AvgIpc) is 2.53. The second-order valence-corrected chi connectivity index (χ2v) is 5.92. The lowest BCUT2D eigenvalue weighted by atomic mass is 9.94. The van der Waals surface area contributed by atoms with Gasteiger partial charge in [0.2, 0.25) is 0 Å². The van der Waals surface area contributed by atoms with E-state index in [1.165, 1.54) is 11.1 Å². The standard InChI is InChI=1S/C20H26O2/c1-5-14-8-13(4)19(21)17(10-14)12-18-11-15(6-2)9-16(7-3)20(18)22/h8-11,21-22H,5-7,12H2,1-4H3. The van der Waals surface area contributed by atoms with Crippen molar-refractivity contribution in [1.82, 2.24) is 0 Å². The van der Waals surface area contributed by atoms with Gasteiger partial charge in [-0.25, -0.2) is 0 Å². The molecule has 0 aliphatic rings. The summed E-state index contributed by atoms with van der Waals surface area (Å²) in [4.78, 5) is 0. The molecule has 0 aliphatic heterocycles. The Kier molecular flexibility index (Phi) is 5.12. The maximum Gasteiger partial charge on any atom is 0.122 e. The van der Waals surface area contributed by atoms with Crippen LogP contribution in [0.25, 0.3) is 0 Å². The summed E-state index contributed by atoms with van der Waals surface area (Å²) in [5.74, 6) is 0.718. The van der Waals surface area contributed by atoms with Crippen molar-refractivity contribution >= 4 is 0 Å². The van der Waals surface area contributed by atoms with E-state index in [4.69, 9.17) is 0 Å². The highest BCUT2D eigenvalue weighted by molar-refractivity contribution is 5.50. The van der Waals surface area contributed by atoms with E-state index in [-0.39, 0.29) is 0 Å². The van der Waals surface area contributed by atoms with Gasteiger partial charge >= 0.3 is 0 Å². The molecule has 0 radical (unpaired) electrons. The molecule has 2 aromatic carbocycles. The zero-order chi connectivity index (χ0) is 16.3. The van der Waals surface area contributed by atoms with Crippen LogP contribution < -0.4 is 0 Å². The van der Waals surface area contributed by atoms with Gasteiger partial charge in [0.1, 0.15) is 11.5 Å². The third-order valence-electron chi connectivity index (χ3n) is 4.35. The van der Waals surface area contributed by atoms with E-state index in [1.54, 1.807) is 0 Å². The molecule has 0 bridgehead atoms. The summed E-state index contributed by atoms with van der Waals surface area (Å²) < 4.78 is 0. The Bertz CT molecular complexity index is 672. The lowest BCUT2D eigenvalue weighted by Crippen LogP contribution is -1.98. The van der Waals surface area contributed by atoms with Crippen molar-refractivity contribution < 1.29 is 10.2 Å². The molecule has 0 saturated carbocycles. The Labute approximate surface area is 133 Å². The zero-order valence-electron chi connectivity index (χ0n) is 14.0. The van der Waals surface area contributed by atoms with Crippen molar-refractivity contribution in [3.8, 4) is 11.5 Å². The summed E-state index contributed by atoms with van der Waals surface area (Å²) in [5.41, 5.74) is 6.12. The second kappa shape index (κ2) is 6.87. The van der Waals surface area contributed by atoms with Gasteiger partial charge in [0.25, 0.3) is 0 Å². The fraction of sp³-hybridized carbons (Fsp3) is 0.400. The van der Waals surface area contributed by atoms with E-state index >= 15 is 0 Å². The number of phenolic OH excluding ortho intramolecular Hbond substituents is 2. The Hall–Kier alpha value is -1.96. The minimum atomic E-state index is 0.344. The van der Waals surface area contributed by atoms with Gasteiger partial charge < -0.3 is 10.2 Å². The molecule has 0 aromatic heterocycles. The number of phenols is 2. The first-order valence-corrected chi connectivity index (χ1v) is 8.15. The maximum atomic E-state index is 10.5. The fourth-order valence-corrected chi connectivity index (χ4v) is 2.92. The molecule has 0 saturated heterocycles. The van der Waals surface area contributed by atoms with E-state index in [0.29, 0.717) is 17.9 Å². The van der Waals surface area contributed by atoms with Crippen LogP contribution in [0.1, 0.15) is 54.2 Å². The number of aromatic hydroxyl groups is 2. The molecule has 2 heteroatoms. The molecule has 2 aromatic rings. The first kappa shape index (κ1) is 16.4. The molecule has 0 amide bonds. The first-order valence-electron chi connectivity index (χ1n) is 8.15. The molecule has 0 spiro atoms. The molecule has 0 atom stereocenters. The highest BCUT2D eigenvalue weighted by Crippen LogP contribution is 2.32. The summed E-state index contributed by atoms with van der Waals surface area (Å²) in [6, 6.07) is 8.21. The van der Waals surface area contributed by atoms with E-state index in [2.05, 4.69) is 32.9 Å². The normalized spacial score (nSPS) is 10.9. The predicted octanol–water partition coefficient (Wildman–Crippen LogP) is 4.68. The van der Waals surface area contributed by atoms with Gasteiger partial charge in [0, 0.05) is 6.42 Å². The van der Waals surface area contributed by atoms with Gasteiger partial charge in [-0.05, 0) is 59.6 Å². The highest BCUT2D eigenvalue weighted by Gasteiger charge is 2.13. The second-order valence-electron chi connectivity index (χ2n) is 5.92. The summed E-state index contributed by atoms with van der Waals surface area (Å²) >= 11 is 0. The fourth-order valence-electron chi connectivity index (χ4n) is 2.92. The van der Waals surface area contributed by atoms with Gasteiger partial charge in [0.05, 0.1) is 0 Å². The van der Waals surface area contributed by atoms with Crippen LogP contribution >= 0.6 is 0 Å². The van der Waals surface area contributed by atoms with Crippen LogP contribution in [0, 0.1) is 6.92 Å². The molecule has 0 heterocycles. The third-order valence-corrected chi connectivity index (χ3v) is 4.35. The van der Waals surface area contributed by atoms with Crippen LogP contribution in [-0.4, -0.2) is 10.2 Å². The number of hydrogen-bond acceptors (Lipinski definition) is 2. The van der Waals surface area contributed by atoms with E-state index < -0.39 is 0 Å². The minimum absolute atomic E-state index is 0.344. The van der Waals surface area contributed by atoms with Crippen LogP contribution in [-0.2, 0) is 25.7 Å². The van der Waals surface area contributed by atoms with E-state index in [9.17, 15) is 10.2 Å². The van der Waals surface area contributed by atoms with E-state index in [1.807, 2.05) is 19.1 Å². The van der Waals surface area contributed by atoms with Crippen LogP contribution in [0.4, 0.5) is 0 Å². The molecule has 0 unspecified atom stereocenters. The molecule has 0 fully saturated rings. The van der Waals surface area contributed by atoms with E-state index in [0.717, 1.165) is 41.5 Å². The number of rotatable bonds is 5. The zero-order valence-corrected chi connectivity index (χ0v) is 14.0. The van der Waals surface area contributed by atoms with Crippen LogP contribution in [0.2, 0.25) is 0 Å². The van der Waals surface area contributed by atoms with Crippen molar-refractivity contribution in [1.29, 1.82) is 0 Å². The van der Waals surface area contributed by atoms with Crippen molar-refractivity contribution in [2.45, 2.75) is 53.4 Å². The van der Waals surface area contributed by atoms with Crippen LogP contribution in [0.3, 0.4) is 0 Å². The SMILES string of the molecule is CCc1cc(C)c(O)c(Cc2cc(CC)cc(CC)c2O)c1. The van der Waals surface area contributed by atoms with Gasteiger partial charge in [-0.1, -0.05) is 45.0 Å². The number of aryl methyl sites for hydroxylation is 4. The van der Waals surface area contributed by atoms with Gasteiger partial charge in [-0.3, -0.25) is 0 Å². The smallest absolute Gasteiger partial charge is 0.122 e. The molecule has 2 rings (SSSR count). The lowest BCUT2D eigenvalue weighted by molar-refractivity contribution is 0.457. The Balaban J connectivity index is 2.49. The van der Waals surface area contributed by atoms with Crippen LogP contribution in [0.5, 0.6) is 11.5 Å². The Morgan fingerprint density at radius 2 is 1.18 bits per heavy atom. The summed E-state index contributed by atoms with van der Waals surface area (Å²) in [6.45, 7) is 8.21. The largest absolute Gasteiger partial charge is 0.507 e. The van der Waals surface area contributed by atoms with Crippen molar-refractivity contribution in [2.75, 3.05) is 0 Å². The van der Waals surface area contributed by atoms with Crippen molar-refractivity contribution in [3.05, 3.63) is 57.6 Å². The number of benzene rings is 2. The molecular weight excluding hydrogens is 272 g/mol.